The molecule has 10 heteroatoms. The van der Waals surface area contributed by atoms with Gasteiger partial charge >= 0.3 is 6.18 Å². The second-order valence-corrected chi connectivity index (χ2v) is 11.0. The molecule has 0 saturated heterocycles. The number of hydrogen-bond donors (Lipinski definition) is 2. The van der Waals surface area contributed by atoms with Crippen LogP contribution in [-0.4, -0.2) is 48.2 Å². The maximum Gasteiger partial charge on any atom is 0.393 e. The van der Waals surface area contributed by atoms with Crippen molar-refractivity contribution in [3.8, 4) is 11.1 Å². The molecule has 0 aliphatic heterocycles. The highest BCUT2D eigenvalue weighted by Crippen LogP contribution is 2.36. The number of alkyl halides is 3. The fraction of sp³-hybridized carbons (Fsp3) is 0.345. The van der Waals surface area contributed by atoms with Crippen LogP contribution in [0.4, 0.5) is 19.0 Å². The number of fused-ring (bicyclic) bond motifs is 1. The maximum atomic E-state index is 12.9. The van der Waals surface area contributed by atoms with Crippen molar-refractivity contribution in [1.29, 1.82) is 0 Å². The van der Waals surface area contributed by atoms with Crippen LogP contribution in [0.3, 0.4) is 0 Å². The van der Waals surface area contributed by atoms with E-state index in [1.807, 2.05) is 25.2 Å². The maximum absolute atomic E-state index is 12.9. The third-order valence-corrected chi connectivity index (χ3v) is 8.30. The number of benzene rings is 2. The first-order valence-electron chi connectivity index (χ1n) is 12.9. The molecular weight excluding hydrogens is 523 g/mol. The predicted molar refractivity (Wildman–Crippen MR) is 149 cm³/mol. The summed E-state index contributed by atoms with van der Waals surface area (Å²) in [6.07, 6.45) is -0.855. The topological polar surface area (TPSA) is 70.2 Å². The third-order valence-electron chi connectivity index (χ3n) is 7.25. The molecule has 4 aromatic rings. The lowest BCUT2D eigenvalue weighted by Crippen LogP contribution is -2.33. The van der Waals surface area contributed by atoms with Gasteiger partial charge in [-0.15, -0.1) is 11.3 Å². The van der Waals surface area contributed by atoms with Crippen molar-refractivity contribution in [3.63, 3.8) is 0 Å². The van der Waals surface area contributed by atoms with Crippen molar-refractivity contribution < 1.29 is 18.0 Å². The normalized spacial score (nSPS) is 17.5. The zero-order valence-electron chi connectivity index (χ0n) is 21.8. The molecule has 1 amide bonds. The van der Waals surface area contributed by atoms with E-state index in [1.54, 1.807) is 19.2 Å². The summed E-state index contributed by atoms with van der Waals surface area (Å²) in [4.78, 5) is 23.5. The van der Waals surface area contributed by atoms with Gasteiger partial charge in [-0.25, -0.2) is 9.97 Å². The van der Waals surface area contributed by atoms with Crippen LogP contribution in [0.2, 0.25) is 0 Å². The molecule has 2 unspecified atom stereocenters. The van der Waals surface area contributed by atoms with Gasteiger partial charge in [0.25, 0.3) is 5.91 Å². The fourth-order valence-corrected chi connectivity index (χ4v) is 6.21. The minimum atomic E-state index is -4.25. The van der Waals surface area contributed by atoms with E-state index in [1.165, 1.54) is 11.9 Å². The van der Waals surface area contributed by atoms with Crippen LogP contribution < -0.4 is 15.5 Å². The van der Waals surface area contributed by atoms with E-state index in [-0.39, 0.29) is 16.8 Å². The molecule has 1 aliphatic carbocycles. The van der Waals surface area contributed by atoms with E-state index in [0.717, 1.165) is 48.3 Å². The number of halogens is 3. The van der Waals surface area contributed by atoms with Gasteiger partial charge in [0.1, 0.15) is 17.0 Å². The van der Waals surface area contributed by atoms with Gasteiger partial charge in [0, 0.05) is 43.2 Å². The minimum absolute atomic E-state index is 0.108. The van der Waals surface area contributed by atoms with Gasteiger partial charge in [-0.2, -0.15) is 13.2 Å². The highest BCUT2D eigenvalue weighted by molar-refractivity contribution is 7.18. The molecule has 2 aromatic carbocycles. The Morgan fingerprint density at radius 3 is 2.62 bits per heavy atom. The number of nitrogens with zero attached hydrogens (tertiary/aromatic N) is 3. The Hall–Kier alpha value is -3.50. The Balaban J connectivity index is 1.19. The van der Waals surface area contributed by atoms with Crippen LogP contribution in [0.5, 0.6) is 0 Å². The monoisotopic (exact) mass is 553 g/mol. The van der Waals surface area contributed by atoms with Gasteiger partial charge in [-0.3, -0.25) is 4.79 Å². The average Bonchev–Trinajstić information content (AvgIpc) is 3.57. The standard InChI is InChI=1S/C29H30F3N5OS/c1-33-27(38)21-5-3-4-20(12-21)19-8-6-18(7-9-19)16-34-22-10-11-23(13-22)37(2)26-25-14-24(15-29(30,31)32)39-28(25)36-17-35-26/h3-9,12,14,17,22-23,34H,10-11,13,15-16H2,1-2H3,(H,33,38). The second-order valence-electron chi connectivity index (χ2n) is 9.93. The van der Waals surface area contributed by atoms with Gasteiger partial charge in [0.2, 0.25) is 0 Å². The summed E-state index contributed by atoms with van der Waals surface area (Å²) in [6, 6.07) is 18.1. The van der Waals surface area contributed by atoms with Crippen LogP contribution in [0.1, 0.15) is 40.1 Å². The lowest BCUT2D eigenvalue weighted by molar-refractivity contribution is -0.126. The molecule has 2 heterocycles. The fourth-order valence-electron chi connectivity index (χ4n) is 5.19. The van der Waals surface area contributed by atoms with Crippen LogP contribution >= 0.6 is 11.3 Å². The van der Waals surface area contributed by atoms with Crippen LogP contribution in [0.15, 0.2) is 60.9 Å². The number of aromatic nitrogens is 2. The molecule has 1 aliphatic rings. The highest BCUT2D eigenvalue weighted by atomic mass is 32.1. The first-order valence-corrected chi connectivity index (χ1v) is 13.7. The Morgan fingerprint density at radius 1 is 1.08 bits per heavy atom. The largest absolute Gasteiger partial charge is 0.393 e. The van der Waals surface area contributed by atoms with Crippen molar-refractivity contribution in [1.82, 2.24) is 20.6 Å². The molecule has 5 rings (SSSR count). The summed E-state index contributed by atoms with van der Waals surface area (Å²) in [5.74, 6) is 0.579. The van der Waals surface area contributed by atoms with Gasteiger partial charge in [0.05, 0.1) is 11.8 Å². The molecule has 1 saturated carbocycles. The first-order chi connectivity index (χ1) is 18.7. The van der Waals surface area contributed by atoms with Crippen LogP contribution in [0.25, 0.3) is 21.3 Å². The first kappa shape index (κ1) is 27.1. The van der Waals surface area contributed by atoms with E-state index in [0.29, 0.717) is 27.6 Å². The van der Waals surface area contributed by atoms with Crippen molar-refractivity contribution in [2.24, 2.45) is 0 Å². The summed E-state index contributed by atoms with van der Waals surface area (Å²) in [5.41, 5.74) is 3.85. The number of anilines is 1. The zero-order valence-corrected chi connectivity index (χ0v) is 22.6. The zero-order chi connectivity index (χ0) is 27.6. The van der Waals surface area contributed by atoms with Crippen molar-refractivity contribution >= 4 is 33.3 Å². The van der Waals surface area contributed by atoms with E-state index in [2.05, 4.69) is 49.8 Å². The number of nitrogens with one attached hydrogen (secondary N) is 2. The lowest BCUT2D eigenvalue weighted by Gasteiger charge is -2.26. The Morgan fingerprint density at radius 2 is 1.87 bits per heavy atom. The van der Waals surface area contributed by atoms with Crippen molar-refractivity contribution in [3.05, 3.63) is 76.9 Å². The summed E-state index contributed by atoms with van der Waals surface area (Å²) in [5, 5.41) is 6.99. The smallest absolute Gasteiger partial charge is 0.356 e. The van der Waals surface area contributed by atoms with Crippen LogP contribution in [0, 0.1) is 0 Å². The molecule has 2 aromatic heterocycles. The average molecular weight is 554 g/mol. The number of rotatable bonds is 8. The van der Waals surface area contributed by atoms with Gasteiger partial charge in [-0.05, 0) is 54.2 Å². The third kappa shape index (κ3) is 6.39. The predicted octanol–water partition coefficient (Wildman–Crippen LogP) is 5.97. The van der Waals surface area contributed by atoms with Gasteiger partial charge in [0.15, 0.2) is 0 Å². The second kappa shape index (κ2) is 11.3. The molecule has 2 atom stereocenters. The number of thiophene rings is 1. The number of amides is 1. The molecule has 0 bridgehead atoms. The lowest BCUT2D eigenvalue weighted by atomic mass is 10.0. The quantitative estimate of drug-likeness (QED) is 0.281. The molecule has 6 nitrogen and oxygen atoms in total. The molecule has 204 valence electrons. The number of carbonyl (C=O) groups excluding carboxylic acids is 1. The van der Waals surface area contributed by atoms with E-state index in [9.17, 15) is 18.0 Å². The Kier molecular flexibility index (Phi) is 7.86. The Bertz CT molecular complexity index is 1450. The van der Waals surface area contributed by atoms with Crippen LogP contribution in [-0.2, 0) is 13.0 Å². The Labute approximate surface area is 229 Å². The molecule has 39 heavy (non-hydrogen) atoms. The van der Waals surface area contributed by atoms with Gasteiger partial charge in [-0.1, -0.05) is 36.4 Å². The number of carbonyl (C=O) groups is 1. The van der Waals surface area contributed by atoms with Gasteiger partial charge < -0.3 is 15.5 Å². The van der Waals surface area contributed by atoms with Crippen molar-refractivity contribution in [2.45, 2.75) is 50.5 Å². The highest BCUT2D eigenvalue weighted by Gasteiger charge is 2.31. The molecule has 0 radical (unpaired) electrons. The molecule has 2 N–H and O–H groups in total. The summed E-state index contributed by atoms with van der Waals surface area (Å²) >= 11 is 1.08. The van der Waals surface area contributed by atoms with E-state index < -0.39 is 12.6 Å². The number of hydrogen-bond acceptors (Lipinski definition) is 6. The van der Waals surface area contributed by atoms with E-state index in [4.69, 9.17) is 0 Å². The SMILES string of the molecule is CNC(=O)c1cccc(-c2ccc(CNC3CCC(N(C)c4ncnc5sc(CC(F)(F)F)cc45)C3)cc2)c1. The summed E-state index contributed by atoms with van der Waals surface area (Å²) in [7, 11) is 3.59. The minimum Gasteiger partial charge on any atom is -0.356 e. The molecule has 0 spiro atoms. The summed E-state index contributed by atoms with van der Waals surface area (Å²) in [6.45, 7) is 0.739. The van der Waals surface area contributed by atoms with E-state index >= 15 is 0 Å². The molecular formula is C29H30F3N5OS. The van der Waals surface area contributed by atoms with Crippen molar-refractivity contribution in [2.75, 3.05) is 19.0 Å². The summed E-state index contributed by atoms with van der Waals surface area (Å²) < 4.78 is 38.7. The molecule has 1 fully saturated rings.